The van der Waals surface area contributed by atoms with Gasteiger partial charge in [-0.15, -0.1) is 12.4 Å². The highest BCUT2D eigenvalue weighted by Gasteiger charge is 2.35. The Hall–Kier alpha value is -0.580. The second-order valence-corrected chi connectivity index (χ2v) is 6.47. The highest BCUT2D eigenvalue weighted by atomic mass is 79.9. The molecule has 2 N–H and O–H groups in total. The van der Waals surface area contributed by atoms with Gasteiger partial charge in [0.05, 0.1) is 5.54 Å². The van der Waals surface area contributed by atoms with E-state index in [1.807, 2.05) is 13.1 Å². The van der Waals surface area contributed by atoms with E-state index in [1.54, 1.807) is 0 Å². The van der Waals surface area contributed by atoms with Crippen LogP contribution in [-0.4, -0.2) is 19.5 Å². The average Bonchev–Trinajstić information content (AvgIpc) is 2.46. The van der Waals surface area contributed by atoms with Gasteiger partial charge < -0.3 is 10.6 Å². The second kappa shape index (κ2) is 8.76. The molecule has 1 aliphatic rings. The summed E-state index contributed by atoms with van der Waals surface area (Å²) in [7, 11) is 1.87. The Balaban J connectivity index is 0.00000220. The Labute approximate surface area is 141 Å². The third-order valence-electron chi connectivity index (χ3n) is 4.07. The molecule has 0 atom stereocenters. The zero-order valence-electron chi connectivity index (χ0n) is 12.5. The molecule has 0 aliphatic heterocycles. The van der Waals surface area contributed by atoms with Gasteiger partial charge in [0, 0.05) is 17.4 Å². The van der Waals surface area contributed by atoms with Crippen molar-refractivity contribution in [1.82, 2.24) is 10.6 Å². The summed E-state index contributed by atoms with van der Waals surface area (Å²) in [6.07, 6.45) is 6.23. The van der Waals surface area contributed by atoms with Crippen LogP contribution in [0.4, 0.5) is 0 Å². The molecule has 5 heteroatoms. The fraction of sp³-hybridized carbons (Fsp3) is 0.562. The van der Waals surface area contributed by atoms with Crippen molar-refractivity contribution in [2.24, 2.45) is 0 Å². The minimum absolute atomic E-state index is 0. The van der Waals surface area contributed by atoms with Crippen molar-refractivity contribution in [2.75, 3.05) is 13.6 Å². The van der Waals surface area contributed by atoms with Gasteiger partial charge in [0.25, 0.3) is 0 Å². The quantitative estimate of drug-likeness (QED) is 0.823. The molecule has 0 saturated heterocycles. The Morgan fingerprint density at radius 3 is 2.62 bits per heavy atom. The highest BCUT2D eigenvalue weighted by molar-refractivity contribution is 9.10. The molecule has 0 unspecified atom stereocenters. The maximum atomic E-state index is 12.2. The molecule has 118 valence electrons. The van der Waals surface area contributed by atoms with E-state index in [-0.39, 0.29) is 23.9 Å². The van der Waals surface area contributed by atoms with Crippen molar-refractivity contribution in [1.29, 1.82) is 0 Å². The van der Waals surface area contributed by atoms with Crippen molar-refractivity contribution >= 4 is 34.2 Å². The van der Waals surface area contributed by atoms with Crippen LogP contribution in [0.15, 0.2) is 28.7 Å². The lowest BCUT2D eigenvalue weighted by Gasteiger charge is -2.39. The molecular weight excluding hydrogens is 352 g/mol. The molecule has 1 saturated carbocycles. The van der Waals surface area contributed by atoms with Crippen molar-refractivity contribution in [3.63, 3.8) is 0 Å². The summed E-state index contributed by atoms with van der Waals surface area (Å²) in [4.78, 5) is 12.2. The number of benzene rings is 1. The first-order valence-corrected chi connectivity index (χ1v) is 8.17. The summed E-state index contributed by atoms with van der Waals surface area (Å²) in [5.74, 6) is 0.140. The van der Waals surface area contributed by atoms with E-state index in [2.05, 4.69) is 44.8 Å². The van der Waals surface area contributed by atoms with Gasteiger partial charge in [-0.3, -0.25) is 4.79 Å². The maximum Gasteiger partial charge on any atom is 0.221 e. The first-order chi connectivity index (χ1) is 9.66. The van der Waals surface area contributed by atoms with Crippen LogP contribution in [0.5, 0.6) is 0 Å². The molecule has 3 nitrogen and oxygen atoms in total. The Kier molecular flexibility index (Phi) is 7.71. The molecule has 1 aromatic rings. The summed E-state index contributed by atoms with van der Waals surface area (Å²) in [6.45, 7) is 0.723. The van der Waals surface area contributed by atoms with Crippen LogP contribution in [0.25, 0.3) is 0 Å². The zero-order chi connectivity index (χ0) is 14.4. The van der Waals surface area contributed by atoms with E-state index >= 15 is 0 Å². The van der Waals surface area contributed by atoms with Gasteiger partial charge in [0.15, 0.2) is 0 Å². The smallest absolute Gasteiger partial charge is 0.221 e. The predicted molar refractivity (Wildman–Crippen MR) is 92.8 cm³/mol. The number of carbonyl (C=O) groups excluding carboxylic acids is 1. The lowest BCUT2D eigenvalue weighted by molar-refractivity contribution is -0.123. The predicted octanol–water partition coefficient (Wildman–Crippen LogP) is 3.76. The normalized spacial score (nSPS) is 16.9. The van der Waals surface area contributed by atoms with E-state index in [1.165, 1.54) is 24.8 Å². The number of rotatable bonds is 5. The standard InChI is InChI=1S/C16H23BrN2O.ClH/c1-18-11-8-15(20)19-16(9-3-2-4-10-16)13-6-5-7-14(17)12-13;/h5-7,12,18H,2-4,8-11H2,1H3,(H,19,20);1H. The van der Waals surface area contributed by atoms with E-state index in [4.69, 9.17) is 0 Å². The molecule has 1 aliphatic carbocycles. The third kappa shape index (κ3) is 4.97. The first kappa shape index (κ1) is 18.5. The third-order valence-corrected chi connectivity index (χ3v) is 4.56. The van der Waals surface area contributed by atoms with Crippen molar-refractivity contribution in [3.05, 3.63) is 34.3 Å². The number of halogens is 2. The number of hydrogen-bond donors (Lipinski definition) is 2. The lowest BCUT2D eigenvalue weighted by Crippen LogP contribution is -2.47. The zero-order valence-corrected chi connectivity index (χ0v) is 14.9. The summed E-state index contributed by atoms with van der Waals surface area (Å²) in [5.41, 5.74) is 1.05. The van der Waals surface area contributed by atoms with Crippen LogP contribution in [0.1, 0.15) is 44.1 Å². The minimum atomic E-state index is -0.174. The molecule has 2 rings (SSSR count). The van der Waals surface area contributed by atoms with Crippen LogP contribution in [0, 0.1) is 0 Å². The Morgan fingerprint density at radius 1 is 1.29 bits per heavy atom. The summed E-state index contributed by atoms with van der Waals surface area (Å²) < 4.78 is 1.07. The van der Waals surface area contributed by atoms with E-state index in [0.717, 1.165) is 23.9 Å². The summed E-state index contributed by atoms with van der Waals surface area (Å²) >= 11 is 3.54. The molecule has 1 aromatic carbocycles. The second-order valence-electron chi connectivity index (χ2n) is 5.55. The molecule has 21 heavy (non-hydrogen) atoms. The van der Waals surface area contributed by atoms with Gasteiger partial charge >= 0.3 is 0 Å². The van der Waals surface area contributed by atoms with Gasteiger partial charge in [-0.2, -0.15) is 0 Å². The van der Waals surface area contributed by atoms with Crippen LogP contribution >= 0.6 is 28.3 Å². The van der Waals surface area contributed by atoms with Gasteiger partial charge in [-0.1, -0.05) is 47.3 Å². The fourth-order valence-corrected chi connectivity index (χ4v) is 3.39. The maximum absolute atomic E-state index is 12.2. The van der Waals surface area contributed by atoms with Crippen LogP contribution < -0.4 is 10.6 Å². The number of carbonyl (C=O) groups is 1. The van der Waals surface area contributed by atoms with Crippen molar-refractivity contribution in [2.45, 2.75) is 44.1 Å². The molecular formula is C16H24BrClN2O. The summed E-state index contributed by atoms with van der Waals surface area (Å²) in [5, 5.41) is 6.34. The van der Waals surface area contributed by atoms with E-state index in [9.17, 15) is 4.79 Å². The summed E-state index contributed by atoms with van der Waals surface area (Å²) in [6, 6.07) is 8.36. The molecule has 0 heterocycles. The molecule has 0 spiro atoms. The largest absolute Gasteiger partial charge is 0.347 e. The van der Waals surface area contributed by atoms with Gasteiger partial charge in [-0.05, 0) is 37.6 Å². The number of amides is 1. The SMILES string of the molecule is CNCCC(=O)NC1(c2cccc(Br)c2)CCCCC1.Cl. The van der Waals surface area contributed by atoms with Crippen LogP contribution in [0.3, 0.4) is 0 Å². The number of nitrogens with one attached hydrogen (secondary N) is 2. The van der Waals surface area contributed by atoms with Gasteiger partial charge in [-0.25, -0.2) is 0 Å². The topological polar surface area (TPSA) is 41.1 Å². The lowest BCUT2D eigenvalue weighted by atomic mass is 9.76. The Bertz CT molecular complexity index is 461. The van der Waals surface area contributed by atoms with Crippen molar-refractivity contribution in [3.8, 4) is 0 Å². The van der Waals surface area contributed by atoms with E-state index in [0.29, 0.717) is 6.42 Å². The molecule has 0 bridgehead atoms. The Morgan fingerprint density at radius 2 is 2.00 bits per heavy atom. The van der Waals surface area contributed by atoms with E-state index < -0.39 is 0 Å². The molecule has 0 aromatic heterocycles. The highest BCUT2D eigenvalue weighted by Crippen LogP contribution is 2.38. The average molecular weight is 376 g/mol. The number of hydrogen-bond acceptors (Lipinski definition) is 2. The van der Waals surface area contributed by atoms with Crippen LogP contribution in [-0.2, 0) is 10.3 Å². The first-order valence-electron chi connectivity index (χ1n) is 7.38. The molecule has 0 radical (unpaired) electrons. The van der Waals surface area contributed by atoms with Crippen molar-refractivity contribution < 1.29 is 4.79 Å². The monoisotopic (exact) mass is 374 g/mol. The fourth-order valence-electron chi connectivity index (χ4n) is 3.00. The van der Waals surface area contributed by atoms with Crippen LogP contribution in [0.2, 0.25) is 0 Å². The molecule has 1 fully saturated rings. The minimum Gasteiger partial charge on any atom is -0.347 e. The van der Waals surface area contributed by atoms with Gasteiger partial charge in [0.1, 0.15) is 0 Å². The molecule has 1 amide bonds. The van der Waals surface area contributed by atoms with Gasteiger partial charge in [0.2, 0.25) is 5.91 Å².